The number of ether oxygens (including phenoxy) is 1. The summed E-state index contributed by atoms with van der Waals surface area (Å²) in [7, 11) is 0. The Morgan fingerprint density at radius 1 is 1.22 bits per heavy atom. The van der Waals surface area contributed by atoms with E-state index in [1.807, 2.05) is 18.2 Å². The van der Waals surface area contributed by atoms with Gasteiger partial charge in [-0.2, -0.15) is 0 Å². The summed E-state index contributed by atoms with van der Waals surface area (Å²) in [6.45, 7) is 3.66. The third-order valence-corrected chi connectivity index (χ3v) is 5.61. The van der Waals surface area contributed by atoms with Crippen molar-refractivity contribution in [3.63, 3.8) is 0 Å². The van der Waals surface area contributed by atoms with E-state index in [4.69, 9.17) is 22.1 Å². The number of nitrogens with two attached hydrogens (primary N) is 1. The molecule has 0 radical (unpaired) electrons. The molecular weight excluding hydrogens is 409 g/mol. The van der Waals surface area contributed by atoms with Crippen LogP contribution in [0.3, 0.4) is 0 Å². The number of carbonyl (C=O) groups is 1. The summed E-state index contributed by atoms with van der Waals surface area (Å²) in [6, 6.07) is 7.96. The van der Waals surface area contributed by atoms with Crippen molar-refractivity contribution in [1.82, 2.24) is 10.2 Å². The topological polar surface area (TPSA) is 67.6 Å². The quantitative estimate of drug-likeness (QED) is 0.740. The highest BCUT2D eigenvalue weighted by molar-refractivity contribution is 6.30. The second-order valence-corrected chi connectivity index (χ2v) is 7.58. The van der Waals surface area contributed by atoms with Gasteiger partial charge in [0.15, 0.2) is 0 Å². The number of morpholine rings is 1. The Balaban J connectivity index is 0.00000182. The van der Waals surface area contributed by atoms with Gasteiger partial charge in [-0.25, -0.2) is 0 Å². The number of rotatable bonds is 5. The van der Waals surface area contributed by atoms with Crippen molar-refractivity contribution in [2.75, 3.05) is 32.8 Å². The molecule has 3 rings (SSSR count). The summed E-state index contributed by atoms with van der Waals surface area (Å²) in [5.74, 6) is -0.0208. The molecule has 1 saturated heterocycles. The predicted octanol–water partition coefficient (Wildman–Crippen LogP) is 3.33. The van der Waals surface area contributed by atoms with Crippen molar-refractivity contribution in [1.29, 1.82) is 0 Å². The van der Waals surface area contributed by atoms with Crippen LogP contribution in [0.1, 0.15) is 43.7 Å². The van der Waals surface area contributed by atoms with Crippen LogP contribution in [0.15, 0.2) is 24.3 Å². The van der Waals surface area contributed by atoms with Crippen LogP contribution in [0, 0.1) is 0 Å². The zero-order chi connectivity index (χ0) is 17.7. The van der Waals surface area contributed by atoms with E-state index in [9.17, 15) is 4.79 Å². The lowest BCUT2D eigenvalue weighted by molar-refractivity contribution is -0.127. The molecule has 8 heteroatoms. The van der Waals surface area contributed by atoms with Gasteiger partial charge in [0.1, 0.15) is 0 Å². The number of hydrogen-bond donors (Lipinski definition) is 2. The number of nitrogens with zero attached hydrogens (tertiary/aromatic N) is 1. The molecule has 2 fully saturated rings. The average Bonchev–Trinajstić information content (AvgIpc) is 2.63. The highest BCUT2D eigenvalue weighted by Gasteiger charge is 2.35. The largest absolute Gasteiger partial charge is 0.379 e. The smallest absolute Gasteiger partial charge is 0.240 e. The summed E-state index contributed by atoms with van der Waals surface area (Å²) in [4.78, 5) is 15.0. The minimum atomic E-state index is -0.706. The van der Waals surface area contributed by atoms with Crippen molar-refractivity contribution in [3.8, 4) is 0 Å². The van der Waals surface area contributed by atoms with E-state index in [2.05, 4.69) is 16.3 Å². The lowest BCUT2D eigenvalue weighted by atomic mass is 9.82. The van der Waals surface area contributed by atoms with Crippen LogP contribution in [0.4, 0.5) is 0 Å². The van der Waals surface area contributed by atoms with Crippen LogP contribution in [0.2, 0.25) is 5.02 Å². The average molecular weight is 439 g/mol. The van der Waals surface area contributed by atoms with Gasteiger partial charge in [-0.1, -0.05) is 43.0 Å². The van der Waals surface area contributed by atoms with Gasteiger partial charge >= 0.3 is 0 Å². The molecule has 1 aliphatic heterocycles. The summed E-state index contributed by atoms with van der Waals surface area (Å²) in [5.41, 5.74) is 6.77. The molecule has 1 unspecified atom stereocenters. The van der Waals surface area contributed by atoms with E-state index in [1.165, 1.54) is 6.42 Å². The van der Waals surface area contributed by atoms with Crippen molar-refractivity contribution >= 4 is 42.3 Å². The number of halogens is 3. The third-order valence-electron chi connectivity index (χ3n) is 5.37. The molecule has 3 N–H and O–H groups in total. The van der Waals surface area contributed by atoms with Crippen LogP contribution in [-0.2, 0) is 9.53 Å². The first-order valence-electron chi connectivity index (χ1n) is 9.23. The van der Waals surface area contributed by atoms with Crippen LogP contribution in [0.5, 0.6) is 0 Å². The van der Waals surface area contributed by atoms with Crippen LogP contribution in [-0.4, -0.2) is 49.2 Å². The summed E-state index contributed by atoms with van der Waals surface area (Å²) in [6.07, 6.45) is 4.79. The summed E-state index contributed by atoms with van der Waals surface area (Å²) in [5, 5.41) is 3.83. The van der Waals surface area contributed by atoms with Crippen LogP contribution >= 0.6 is 36.4 Å². The van der Waals surface area contributed by atoms with Crippen LogP contribution in [0.25, 0.3) is 0 Å². The first kappa shape index (κ1) is 24.5. The molecule has 154 valence electrons. The molecular formula is C19H30Cl3N3O2. The number of carbonyl (C=O) groups excluding carboxylic acids is 1. The molecule has 1 heterocycles. The number of amides is 1. The number of hydrogen-bond acceptors (Lipinski definition) is 4. The van der Waals surface area contributed by atoms with Gasteiger partial charge in [-0.05, 0) is 30.5 Å². The Morgan fingerprint density at radius 2 is 1.89 bits per heavy atom. The normalized spacial score (nSPS) is 20.7. The van der Waals surface area contributed by atoms with Crippen molar-refractivity contribution in [2.45, 2.75) is 43.7 Å². The predicted molar refractivity (Wildman–Crippen MR) is 114 cm³/mol. The van der Waals surface area contributed by atoms with Gasteiger partial charge < -0.3 is 15.8 Å². The maximum atomic E-state index is 12.7. The maximum absolute atomic E-state index is 12.7. The lowest BCUT2D eigenvalue weighted by Crippen LogP contribution is -2.56. The maximum Gasteiger partial charge on any atom is 0.240 e. The van der Waals surface area contributed by atoms with Crippen molar-refractivity contribution < 1.29 is 9.53 Å². The number of nitrogens with one attached hydrogen (secondary N) is 1. The molecule has 1 aliphatic carbocycles. The molecule has 0 spiro atoms. The second-order valence-electron chi connectivity index (χ2n) is 7.15. The molecule has 0 bridgehead atoms. The zero-order valence-corrected chi connectivity index (χ0v) is 17.9. The molecule has 1 aromatic carbocycles. The van der Waals surface area contributed by atoms with E-state index in [-0.39, 0.29) is 36.8 Å². The molecule has 0 aromatic heterocycles. The molecule has 27 heavy (non-hydrogen) atoms. The molecule has 1 saturated carbocycles. The van der Waals surface area contributed by atoms with Crippen LogP contribution < -0.4 is 11.1 Å². The first-order valence-corrected chi connectivity index (χ1v) is 9.61. The number of benzene rings is 1. The fourth-order valence-corrected chi connectivity index (χ4v) is 4.03. The Kier molecular flexibility index (Phi) is 10.4. The van der Waals surface area contributed by atoms with E-state index in [1.54, 1.807) is 0 Å². The summed E-state index contributed by atoms with van der Waals surface area (Å²) >= 11 is 6.18. The van der Waals surface area contributed by atoms with Gasteiger partial charge in [0.05, 0.1) is 24.8 Å². The third kappa shape index (κ3) is 6.48. The van der Waals surface area contributed by atoms with E-state index in [0.29, 0.717) is 24.8 Å². The highest BCUT2D eigenvalue weighted by Crippen LogP contribution is 2.27. The summed E-state index contributed by atoms with van der Waals surface area (Å²) < 4.78 is 5.47. The standard InChI is InChI=1S/C19H28ClN3O2.2ClH/c20-16-6-4-5-15(13-16)17(23-9-11-25-12-10-23)14-22-18(24)19(21)7-2-1-3-8-19;;/h4-6,13,17H,1-3,7-12,14,21H2,(H,22,24);2*1H. The minimum absolute atomic E-state index is 0. The van der Waals surface area contributed by atoms with Gasteiger partial charge in [0, 0.05) is 24.7 Å². The Bertz CT molecular complexity index is 591. The van der Waals surface area contributed by atoms with Gasteiger partial charge in [-0.15, -0.1) is 24.8 Å². The Morgan fingerprint density at radius 3 is 2.52 bits per heavy atom. The Labute approximate surface area is 179 Å². The molecule has 5 nitrogen and oxygen atoms in total. The fourth-order valence-electron chi connectivity index (χ4n) is 3.84. The lowest BCUT2D eigenvalue weighted by Gasteiger charge is -2.37. The highest BCUT2D eigenvalue weighted by atomic mass is 35.5. The molecule has 1 aromatic rings. The fraction of sp³-hybridized carbons (Fsp3) is 0.632. The van der Waals surface area contributed by atoms with E-state index in [0.717, 1.165) is 44.3 Å². The Hall–Kier alpha value is -0.560. The zero-order valence-electron chi connectivity index (χ0n) is 15.5. The first-order chi connectivity index (χ1) is 12.1. The van der Waals surface area contributed by atoms with E-state index >= 15 is 0 Å². The SMILES string of the molecule is Cl.Cl.NC1(C(=O)NCC(c2cccc(Cl)c2)N2CCOCC2)CCCCC1. The molecule has 2 aliphatic rings. The molecule has 1 atom stereocenters. The van der Waals surface area contributed by atoms with Gasteiger partial charge in [0.2, 0.25) is 5.91 Å². The van der Waals surface area contributed by atoms with Gasteiger partial charge in [-0.3, -0.25) is 9.69 Å². The molecule has 1 amide bonds. The van der Waals surface area contributed by atoms with E-state index < -0.39 is 5.54 Å². The van der Waals surface area contributed by atoms with Crippen molar-refractivity contribution in [2.24, 2.45) is 5.73 Å². The van der Waals surface area contributed by atoms with Gasteiger partial charge in [0.25, 0.3) is 0 Å². The van der Waals surface area contributed by atoms with Crippen molar-refractivity contribution in [3.05, 3.63) is 34.9 Å². The monoisotopic (exact) mass is 437 g/mol. The second kappa shape index (κ2) is 11.4. The minimum Gasteiger partial charge on any atom is -0.379 e.